The molecule has 0 saturated carbocycles. The zero-order valence-corrected chi connectivity index (χ0v) is 10.5. The lowest BCUT2D eigenvalue weighted by Gasteiger charge is -2.16. The lowest BCUT2D eigenvalue weighted by molar-refractivity contribution is -0.120. The van der Waals surface area contributed by atoms with Crippen molar-refractivity contribution in [2.45, 2.75) is 6.04 Å². The molecule has 0 aliphatic rings. The fourth-order valence-corrected chi connectivity index (χ4v) is 1.56. The van der Waals surface area contributed by atoms with E-state index < -0.39 is 11.9 Å². The molecular formula is C12H18N2O4. The van der Waals surface area contributed by atoms with Gasteiger partial charge in [-0.15, -0.1) is 0 Å². The number of primary amides is 1. The van der Waals surface area contributed by atoms with Crippen molar-refractivity contribution in [1.82, 2.24) is 5.32 Å². The molecule has 0 aliphatic carbocycles. The topological polar surface area (TPSA) is 93.8 Å². The van der Waals surface area contributed by atoms with Gasteiger partial charge in [0.15, 0.2) is 11.5 Å². The van der Waals surface area contributed by atoms with E-state index in [4.69, 9.17) is 15.2 Å². The van der Waals surface area contributed by atoms with Crippen LogP contribution in [0.25, 0.3) is 0 Å². The number of hydrogen-bond donors (Lipinski definition) is 3. The van der Waals surface area contributed by atoms with Gasteiger partial charge in [-0.25, -0.2) is 0 Å². The number of nitrogens with one attached hydrogen (secondary N) is 1. The van der Waals surface area contributed by atoms with Gasteiger partial charge in [-0.2, -0.15) is 0 Å². The van der Waals surface area contributed by atoms with Crippen molar-refractivity contribution in [2.75, 3.05) is 27.4 Å². The lowest BCUT2D eigenvalue weighted by atomic mass is 10.1. The fraction of sp³-hybridized carbons (Fsp3) is 0.417. The van der Waals surface area contributed by atoms with Crippen molar-refractivity contribution in [3.05, 3.63) is 23.8 Å². The number of phenolic OH excluding ortho intramolecular Hbond substituents is 1. The second-order valence-electron chi connectivity index (χ2n) is 3.71. The monoisotopic (exact) mass is 254 g/mol. The molecule has 0 saturated heterocycles. The highest BCUT2D eigenvalue weighted by atomic mass is 16.5. The van der Waals surface area contributed by atoms with Crippen LogP contribution in [0.1, 0.15) is 11.6 Å². The van der Waals surface area contributed by atoms with Gasteiger partial charge in [-0.05, 0) is 17.7 Å². The highest BCUT2D eigenvalue weighted by molar-refractivity contribution is 5.81. The molecule has 6 heteroatoms. The Morgan fingerprint density at radius 2 is 2.22 bits per heavy atom. The third-order valence-corrected chi connectivity index (χ3v) is 2.48. The van der Waals surface area contributed by atoms with Crippen molar-refractivity contribution < 1.29 is 19.4 Å². The predicted molar refractivity (Wildman–Crippen MR) is 66.5 cm³/mol. The molecule has 100 valence electrons. The number of benzene rings is 1. The van der Waals surface area contributed by atoms with E-state index in [-0.39, 0.29) is 5.75 Å². The number of methoxy groups -OCH3 is 2. The van der Waals surface area contributed by atoms with Crippen molar-refractivity contribution >= 4 is 5.91 Å². The average molecular weight is 254 g/mol. The number of carbonyl (C=O) groups excluding carboxylic acids is 1. The van der Waals surface area contributed by atoms with Crippen LogP contribution in [0.2, 0.25) is 0 Å². The minimum atomic E-state index is -0.644. The van der Waals surface area contributed by atoms with Gasteiger partial charge in [0, 0.05) is 13.7 Å². The molecule has 18 heavy (non-hydrogen) atoms. The first kappa shape index (κ1) is 14.3. The van der Waals surface area contributed by atoms with E-state index in [1.807, 2.05) is 0 Å². The summed E-state index contributed by atoms with van der Waals surface area (Å²) in [6, 6.07) is 4.01. The van der Waals surface area contributed by atoms with Gasteiger partial charge in [-0.1, -0.05) is 6.07 Å². The maximum Gasteiger partial charge on any atom is 0.239 e. The third-order valence-electron chi connectivity index (χ3n) is 2.48. The first-order valence-corrected chi connectivity index (χ1v) is 5.48. The predicted octanol–water partition coefficient (Wildman–Crippen LogP) is 0.163. The summed E-state index contributed by atoms with van der Waals surface area (Å²) in [5.41, 5.74) is 5.97. The Morgan fingerprint density at radius 3 is 2.78 bits per heavy atom. The molecule has 6 nitrogen and oxygen atoms in total. The lowest BCUT2D eigenvalue weighted by Crippen LogP contribution is -2.35. The molecule has 0 spiro atoms. The van der Waals surface area contributed by atoms with E-state index in [1.54, 1.807) is 19.2 Å². The molecule has 1 unspecified atom stereocenters. The first-order valence-electron chi connectivity index (χ1n) is 5.48. The van der Waals surface area contributed by atoms with Gasteiger partial charge >= 0.3 is 0 Å². The van der Waals surface area contributed by atoms with Gasteiger partial charge in [0.1, 0.15) is 6.04 Å². The van der Waals surface area contributed by atoms with Crippen LogP contribution in [0, 0.1) is 0 Å². The maximum absolute atomic E-state index is 11.4. The summed E-state index contributed by atoms with van der Waals surface area (Å²) in [4.78, 5) is 11.4. The Balaban J connectivity index is 2.88. The van der Waals surface area contributed by atoms with Crippen molar-refractivity contribution in [1.29, 1.82) is 0 Å². The van der Waals surface area contributed by atoms with E-state index >= 15 is 0 Å². The van der Waals surface area contributed by atoms with Crippen LogP contribution in [0.3, 0.4) is 0 Å². The zero-order chi connectivity index (χ0) is 13.5. The van der Waals surface area contributed by atoms with Crippen LogP contribution >= 0.6 is 0 Å². The second kappa shape index (κ2) is 6.83. The van der Waals surface area contributed by atoms with Crippen molar-refractivity contribution in [3.63, 3.8) is 0 Å². The maximum atomic E-state index is 11.4. The molecule has 0 radical (unpaired) electrons. The van der Waals surface area contributed by atoms with Gasteiger partial charge in [0.25, 0.3) is 0 Å². The summed E-state index contributed by atoms with van der Waals surface area (Å²) in [7, 11) is 3.01. The van der Waals surface area contributed by atoms with Gasteiger partial charge in [0.05, 0.1) is 13.7 Å². The number of hydrogen-bond acceptors (Lipinski definition) is 5. The normalized spacial score (nSPS) is 12.1. The number of amides is 1. The first-order chi connectivity index (χ1) is 8.60. The van der Waals surface area contributed by atoms with Crippen molar-refractivity contribution in [2.24, 2.45) is 5.73 Å². The number of phenols is 1. The fourth-order valence-electron chi connectivity index (χ4n) is 1.56. The quantitative estimate of drug-likeness (QED) is 0.603. The van der Waals surface area contributed by atoms with Gasteiger partial charge < -0.3 is 20.3 Å². The third kappa shape index (κ3) is 3.61. The molecule has 1 rings (SSSR count). The van der Waals surface area contributed by atoms with Crippen LogP contribution in [0.5, 0.6) is 11.5 Å². The summed E-state index contributed by atoms with van der Waals surface area (Å²) in [6.07, 6.45) is 0. The molecule has 1 aromatic rings. The van der Waals surface area contributed by atoms with Crippen LogP contribution in [-0.2, 0) is 9.53 Å². The van der Waals surface area contributed by atoms with Crippen LogP contribution in [0.4, 0.5) is 0 Å². The molecule has 1 atom stereocenters. The molecule has 4 N–H and O–H groups in total. The average Bonchev–Trinajstić information content (AvgIpc) is 2.35. The molecule has 1 aromatic carbocycles. The summed E-state index contributed by atoms with van der Waals surface area (Å²) >= 11 is 0. The van der Waals surface area contributed by atoms with Gasteiger partial charge in [0.2, 0.25) is 5.91 Å². The Kier molecular flexibility index (Phi) is 5.41. The Labute approximate surface area is 106 Å². The molecule has 0 heterocycles. The minimum Gasteiger partial charge on any atom is -0.504 e. The van der Waals surface area contributed by atoms with Crippen LogP contribution in [0.15, 0.2) is 18.2 Å². The SMILES string of the molecule is COCCNC(C(N)=O)c1ccc(O)c(OC)c1. The molecule has 0 aliphatic heterocycles. The number of aromatic hydroxyl groups is 1. The molecule has 0 aromatic heterocycles. The molecule has 0 fully saturated rings. The Hall–Kier alpha value is -1.79. The summed E-state index contributed by atoms with van der Waals surface area (Å²) in [6.45, 7) is 0.965. The summed E-state index contributed by atoms with van der Waals surface area (Å²) in [5.74, 6) is -0.188. The van der Waals surface area contributed by atoms with Crippen LogP contribution in [-0.4, -0.2) is 38.4 Å². The Bertz CT molecular complexity index is 409. The standard InChI is InChI=1S/C12H18N2O4/c1-17-6-5-14-11(12(13)16)8-3-4-9(15)10(7-8)18-2/h3-4,7,11,14-15H,5-6H2,1-2H3,(H2,13,16). The number of carbonyl (C=O) groups is 1. The number of rotatable bonds is 7. The van der Waals surface area contributed by atoms with E-state index in [0.717, 1.165) is 0 Å². The van der Waals surface area contributed by atoms with E-state index in [0.29, 0.717) is 24.5 Å². The van der Waals surface area contributed by atoms with E-state index in [1.165, 1.54) is 13.2 Å². The minimum absolute atomic E-state index is 0.0151. The van der Waals surface area contributed by atoms with Crippen LogP contribution < -0.4 is 15.8 Å². The molecule has 0 bridgehead atoms. The Morgan fingerprint density at radius 1 is 1.50 bits per heavy atom. The van der Waals surface area contributed by atoms with Crippen molar-refractivity contribution in [3.8, 4) is 11.5 Å². The summed E-state index contributed by atoms with van der Waals surface area (Å²) < 4.78 is 9.88. The van der Waals surface area contributed by atoms with Gasteiger partial charge in [-0.3, -0.25) is 10.1 Å². The zero-order valence-electron chi connectivity index (χ0n) is 10.5. The summed E-state index contributed by atoms with van der Waals surface area (Å²) in [5, 5.41) is 12.5. The molecule has 1 amide bonds. The van der Waals surface area contributed by atoms with E-state index in [2.05, 4.69) is 5.32 Å². The smallest absolute Gasteiger partial charge is 0.239 e. The van der Waals surface area contributed by atoms with E-state index in [9.17, 15) is 9.90 Å². The molecular weight excluding hydrogens is 236 g/mol. The second-order valence-corrected chi connectivity index (χ2v) is 3.71. The highest BCUT2D eigenvalue weighted by Crippen LogP contribution is 2.28. The number of nitrogens with two attached hydrogens (primary N) is 1. The highest BCUT2D eigenvalue weighted by Gasteiger charge is 2.18. The number of ether oxygens (including phenoxy) is 2. The largest absolute Gasteiger partial charge is 0.504 e.